The van der Waals surface area contributed by atoms with E-state index in [0.29, 0.717) is 33.5 Å². The summed E-state index contributed by atoms with van der Waals surface area (Å²) < 4.78 is 24.0. The molecule has 1 aromatic heterocycles. The Morgan fingerprint density at radius 2 is 1.79 bits per heavy atom. The fourth-order valence-corrected chi connectivity index (χ4v) is 3.25. The number of rotatable bonds is 6. The quantitative estimate of drug-likeness (QED) is 0.384. The summed E-state index contributed by atoms with van der Waals surface area (Å²) >= 11 is 5.99. The number of halogens is 2. The Hall–Kier alpha value is -4.17. The summed E-state index contributed by atoms with van der Waals surface area (Å²) in [6, 6.07) is 18.5. The number of amides is 2. The predicted octanol–water partition coefficient (Wildman–Crippen LogP) is 5.65. The van der Waals surface area contributed by atoms with Gasteiger partial charge < -0.3 is 19.9 Å². The zero-order valence-corrected chi connectivity index (χ0v) is 18.0. The molecule has 9 heteroatoms. The largest absolute Gasteiger partial charge is 0.495 e. The van der Waals surface area contributed by atoms with Gasteiger partial charge in [0.25, 0.3) is 11.8 Å². The third-order valence-corrected chi connectivity index (χ3v) is 4.88. The summed E-state index contributed by atoms with van der Waals surface area (Å²) in [7, 11) is 1.44. The van der Waals surface area contributed by atoms with Crippen LogP contribution < -0.4 is 15.4 Å². The van der Waals surface area contributed by atoms with Crippen LogP contribution in [0, 0.1) is 5.82 Å². The van der Waals surface area contributed by atoms with Crippen molar-refractivity contribution < 1.29 is 23.2 Å². The minimum absolute atomic E-state index is 0.0612. The molecule has 3 aromatic carbocycles. The van der Waals surface area contributed by atoms with Gasteiger partial charge in [0, 0.05) is 27.9 Å². The van der Waals surface area contributed by atoms with Gasteiger partial charge in [0.2, 0.25) is 0 Å². The van der Waals surface area contributed by atoms with E-state index in [4.69, 9.17) is 20.9 Å². The monoisotopic (exact) mass is 465 g/mol. The first-order chi connectivity index (χ1) is 15.9. The van der Waals surface area contributed by atoms with Crippen LogP contribution in [-0.2, 0) is 0 Å². The van der Waals surface area contributed by atoms with E-state index < -0.39 is 17.6 Å². The van der Waals surface area contributed by atoms with Crippen LogP contribution in [-0.4, -0.2) is 24.1 Å². The van der Waals surface area contributed by atoms with Crippen molar-refractivity contribution in [3.63, 3.8) is 0 Å². The molecule has 0 fully saturated rings. The van der Waals surface area contributed by atoms with E-state index in [1.807, 2.05) is 0 Å². The van der Waals surface area contributed by atoms with Gasteiger partial charge in [-0.2, -0.15) is 0 Å². The smallest absolute Gasteiger partial charge is 0.277 e. The summed E-state index contributed by atoms with van der Waals surface area (Å²) in [4.78, 5) is 25.2. The molecule has 166 valence electrons. The highest BCUT2D eigenvalue weighted by molar-refractivity contribution is 6.30. The lowest BCUT2D eigenvalue weighted by molar-refractivity contribution is 0.101. The Labute approximate surface area is 193 Å². The van der Waals surface area contributed by atoms with E-state index in [1.165, 1.54) is 37.4 Å². The molecule has 0 atom stereocenters. The number of hydrogen-bond acceptors (Lipinski definition) is 5. The molecule has 0 aliphatic rings. The van der Waals surface area contributed by atoms with Crippen LogP contribution in [0.4, 0.5) is 15.8 Å². The van der Waals surface area contributed by atoms with E-state index in [1.54, 1.807) is 36.4 Å². The van der Waals surface area contributed by atoms with Gasteiger partial charge in [-0.15, -0.1) is 0 Å². The molecule has 0 spiro atoms. The Morgan fingerprint density at radius 1 is 0.970 bits per heavy atom. The first-order valence-electron chi connectivity index (χ1n) is 9.72. The Kier molecular flexibility index (Phi) is 6.37. The van der Waals surface area contributed by atoms with Crippen LogP contribution in [0.2, 0.25) is 5.02 Å². The van der Waals surface area contributed by atoms with Crippen LogP contribution in [0.15, 0.2) is 77.3 Å². The highest BCUT2D eigenvalue weighted by Crippen LogP contribution is 2.29. The van der Waals surface area contributed by atoms with Crippen molar-refractivity contribution in [2.24, 2.45) is 0 Å². The first-order valence-corrected chi connectivity index (χ1v) is 10.1. The fraction of sp³-hybridized carbons (Fsp3) is 0.0417. The van der Waals surface area contributed by atoms with Gasteiger partial charge in [0.15, 0.2) is 11.5 Å². The standard InChI is InChI=1S/C24H17ClFN3O4/c1-32-21-9-8-18(12-19(21)28-23(30)15-5-3-7-17(26)11-15)27-24(31)20-13-22(33-29-20)14-4-2-6-16(25)10-14/h2-13H,1H3,(H,27,31)(H,28,30). The lowest BCUT2D eigenvalue weighted by Crippen LogP contribution is -2.15. The van der Waals surface area contributed by atoms with Crippen LogP contribution in [0.25, 0.3) is 11.3 Å². The highest BCUT2D eigenvalue weighted by Gasteiger charge is 2.16. The van der Waals surface area contributed by atoms with Crippen molar-refractivity contribution in [2.45, 2.75) is 0 Å². The lowest BCUT2D eigenvalue weighted by atomic mass is 10.1. The molecule has 0 unspecified atom stereocenters. The van der Waals surface area contributed by atoms with Gasteiger partial charge in [0.1, 0.15) is 11.6 Å². The van der Waals surface area contributed by atoms with Crippen molar-refractivity contribution in [2.75, 3.05) is 17.7 Å². The SMILES string of the molecule is COc1ccc(NC(=O)c2cc(-c3cccc(Cl)c3)on2)cc1NC(=O)c1cccc(F)c1. The molecule has 0 aliphatic carbocycles. The van der Waals surface area contributed by atoms with Crippen molar-refractivity contribution in [1.82, 2.24) is 5.16 Å². The number of nitrogens with one attached hydrogen (secondary N) is 2. The van der Waals surface area contributed by atoms with Crippen molar-refractivity contribution in [3.8, 4) is 17.1 Å². The number of ether oxygens (including phenoxy) is 1. The third kappa shape index (κ3) is 5.19. The van der Waals surface area contributed by atoms with Gasteiger partial charge in [-0.1, -0.05) is 35.0 Å². The van der Waals surface area contributed by atoms with Crippen molar-refractivity contribution in [3.05, 3.63) is 94.9 Å². The second kappa shape index (κ2) is 9.54. The van der Waals surface area contributed by atoms with Crippen molar-refractivity contribution >= 4 is 34.8 Å². The molecule has 7 nitrogen and oxygen atoms in total. The van der Waals surface area contributed by atoms with Crippen LogP contribution in [0.5, 0.6) is 5.75 Å². The topological polar surface area (TPSA) is 93.5 Å². The molecule has 0 saturated carbocycles. The highest BCUT2D eigenvalue weighted by atomic mass is 35.5. The molecule has 0 radical (unpaired) electrons. The van der Waals surface area contributed by atoms with E-state index >= 15 is 0 Å². The zero-order chi connectivity index (χ0) is 23.4. The number of nitrogens with zero attached hydrogens (tertiary/aromatic N) is 1. The Bertz CT molecular complexity index is 1340. The lowest BCUT2D eigenvalue weighted by Gasteiger charge is -2.12. The summed E-state index contributed by atoms with van der Waals surface area (Å²) in [6.07, 6.45) is 0. The Morgan fingerprint density at radius 3 is 2.55 bits per heavy atom. The van der Waals surface area contributed by atoms with Gasteiger partial charge in [-0.25, -0.2) is 4.39 Å². The zero-order valence-electron chi connectivity index (χ0n) is 17.3. The number of benzene rings is 3. The molecule has 2 N–H and O–H groups in total. The first kappa shape index (κ1) is 22.0. The maximum atomic E-state index is 13.4. The minimum atomic E-state index is -0.529. The van der Waals surface area contributed by atoms with Crippen LogP contribution in [0.1, 0.15) is 20.8 Å². The van der Waals surface area contributed by atoms with Gasteiger partial charge >= 0.3 is 0 Å². The maximum absolute atomic E-state index is 13.4. The normalized spacial score (nSPS) is 10.5. The molecular weight excluding hydrogens is 449 g/mol. The molecule has 0 aliphatic heterocycles. The molecule has 0 saturated heterocycles. The summed E-state index contributed by atoms with van der Waals surface area (Å²) in [5.41, 5.74) is 1.56. The fourth-order valence-electron chi connectivity index (χ4n) is 3.06. The van der Waals surface area contributed by atoms with E-state index in [-0.39, 0.29) is 11.3 Å². The Balaban J connectivity index is 1.52. The van der Waals surface area contributed by atoms with Crippen molar-refractivity contribution in [1.29, 1.82) is 0 Å². The number of carbonyl (C=O) groups is 2. The summed E-state index contributed by atoms with van der Waals surface area (Å²) in [5, 5.41) is 9.69. The molecule has 1 heterocycles. The molecular formula is C24H17ClFN3O4. The third-order valence-electron chi connectivity index (χ3n) is 4.64. The van der Waals surface area contributed by atoms with Gasteiger partial charge in [-0.3, -0.25) is 9.59 Å². The number of methoxy groups -OCH3 is 1. The molecule has 2 amide bonds. The average Bonchev–Trinajstić information content (AvgIpc) is 3.30. The molecule has 4 aromatic rings. The number of aromatic nitrogens is 1. The van der Waals surface area contributed by atoms with Crippen LogP contribution >= 0.6 is 11.6 Å². The summed E-state index contributed by atoms with van der Waals surface area (Å²) in [6.45, 7) is 0. The van der Waals surface area contributed by atoms with E-state index in [0.717, 1.165) is 6.07 Å². The second-order valence-corrected chi connectivity index (χ2v) is 7.36. The van der Waals surface area contributed by atoms with Crippen LogP contribution in [0.3, 0.4) is 0 Å². The average molecular weight is 466 g/mol. The minimum Gasteiger partial charge on any atom is -0.495 e. The van der Waals surface area contributed by atoms with E-state index in [2.05, 4.69) is 15.8 Å². The predicted molar refractivity (Wildman–Crippen MR) is 122 cm³/mol. The molecule has 33 heavy (non-hydrogen) atoms. The number of anilines is 2. The summed E-state index contributed by atoms with van der Waals surface area (Å²) in [5.74, 6) is -0.818. The van der Waals surface area contributed by atoms with Gasteiger partial charge in [0.05, 0.1) is 12.8 Å². The molecule has 0 bridgehead atoms. The maximum Gasteiger partial charge on any atom is 0.277 e. The second-order valence-electron chi connectivity index (χ2n) is 6.92. The number of hydrogen-bond donors (Lipinski definition) is 2. The van der Waals surface area contributed by atoms with Gasteiger partial charge in [-0.05, 0) is 48.5 Å². The number of carbonyl (C=O) groups excluding carboxylic acids is 2. The van der Waals surface area contributed by atoms with E-state index in [9.17, 15) is 14.0 Å². The molecule has 4 rings (SSSR count).